The molecule has 1 unspecified atom stereocenters. The number of nitrogens with zero attached hydrogens (tertiary/aromatic N) is 2. The molecule has 110 valence electrons. The second kappa shape index (κ2) is 6.03. The summed E-state index contributed by atoms with van der Waals surface area (Å²) in [6, 6.07) is 8.32. The zero-order chi connectivity index (χ0) is 14.8. The Balaban J connectivity index is 1.88. The van der Waals surface area contributed by atoms with Crippen LogP contribution in [-0.2, 0) is 13.0 Å². The lowest BCUT2D eigenvalue weighted by Gasteiger charge is -2.12. The van der Waals surface area contributed by atoms with Crippen molar-refractivity contribution in [2.45, 2.75) is 25.9 Å². The number of aromatic nitrogens is 2. The Morgan fingerprint density at radius 2 is 2.29 bits per heavy atom. The van der Waals surface area contributed by atoms with Gasteiger partial charge in [0.05, 0.1) is 16.7 Å². The van der Waals surface area contributed by atoms with Crippen LogP contribution in [0.15, 0.2) is 45.5 Å². The highest BCUT2D eigenvalue weighted by molar-refractivity contribution is 9.10. The number of furan rings is 1. The second-order valence-electron chi connectivity index (χ2n) is 5.06. The Kier molecular flexibility index (Phi) is 4.12. The van der Waals surface area contributed by atoms with Gasteiger partial charge in [-0.1, -0.05) is 12.1 Å². The predicted octanol–water partition coefficient (Wildman–Crippen LogP) is 3.91. The summed E-state index contributed by atoms with van der Waals surface area (Å²) in [5.74, 6) is 0.948. The average molecular weight is 348 g/mol. The molecule has 4 nitrogen and oxygen atoms in total. The molecular weight excluding hydrogens is 330 g/mol. The highest BCUT2D eigenvalue weighted by Crippen LogP contribution is 2.30. The lowest BCUT2D eigenvalue weighted by atomic mass is 10.1. The van der Waals surface area contributed by atoms with Gasteiger partial charge in [-0.05, 0) is 54.0 Å². The normalized spacial score (nSPS) is 12.9. The molecule has 3 rings (SSSR count). The molecule has 5 heteroatoms. The molecule has 0 saturated carbocycles. The van der Waals surface area contributed by atoms with Crippen molar-refractivity contribution >= 4 is 26.9 Å². The van der Waals surface area contributed by atoms with E-state index in [9.17, 15) is 0 Å². The SMILES string of the molecule is CCn1cc(CC(NC)c2cc3cccc(Br)c3o2)cn1. The van der Waals surface area contributed by atoms with Gasteiger partial charge in [-0.3, -0.25) is 4.68 Å². The van der Waals surface area contributed by atoms with Gasteiger partial charge in [-0.2, -0.15) is 5.10 Å². The van der Waals surface area contributed by atoms with Crippen molar-refractivity contribution in [2.24, 2.45) is 0 Å². The summed E-state index contributed by atoms with van der Waals surface area (Å²) in [5, 5.41) is 8.77. The maximum Gasteiger partial charge on any atom is 0.148 e. The molecular formula is C16H18BrN3O. The second-order valence-corrected chi connectivity index (χ2v) is 5.91. The van der Waals surface area contributed by atoms with E-state index in [1.807, 2.05) is 30.1 Å². The average Bonchev–Trinajstić information content (AvgIpc) is 3.11. The van der Waals surface area contributed by atoms with Crippen LogP contribution in [0.1, 0.15) is 24.3 Å². The molecule has 0 aliphatic carbocycles. The third kappa shape index (κ3) is 2.89. The Morgan fingerprint density at radius 1 is 1.43 bits per heavy atom. The molecule has 3 aromatic rings. The summed E-state index contributed by atoms with van der Waals surface area (Å²) in [5.41, 5.74) is 2.10. The van der Waals surface area contributed by atoms with Crippen molar-refractivity contribution in [2.75, 3.05) is 7.05 Å². The van der Waals surface area contributed by atoms with E-state index in [4.69, 9.17) is 4.42 Å². The summed E-state index contributed by atoms with van der Waals surface area (Å²) in [6.45, 7) is 2.98. The van der Waals surface area contributed by atoms with Crippen LogP contribution in [0.2, 0.25) is 0 Å². The Morgan fingerprint density at radius 3 is 2.95 bits per heavy atom. The van der Waals surface area contributed by atoms with Gasteiger partial charge in [-0.25, -0.2) is 0 Å². The number of halogens is 1. The summed E-state index contributed by atoms with van der Waals surface area (Å²) in [4.78, 5) is 0. The van der Waals surface area contributed by atoms with Gasteiger partial charge in [0.15, 0.2) is 0 Å². The molecule has 21 heavy (non-hydrogen) atoms. The van der Waals surface area contributed by atoms with Crippen molar-refractivity contribution in [3.8, 4) is 0 Å². The van der Waals surface area contributed by atoms with E-state index in [1.54, 1.807) is 0 Å². The highest BCUT2D eigenvalue weighted by atomic mass is 79.9. The molecule has 0 aliphatic heterocycles. The standard InChI is InChI=1S/C16H18BrN3O/c1-3-20-10-11(9-19-20)7-14(18-2)15-8-12-5-4-6-13(17)16(12)21-15/h4-6,8-10,14,18H,3,7H2,1-2H3. The number of nitrogens with one attached hydrogen (secondary N) is 1. The van der Waals surface area contributed by atoms with Crippen LogP contribution < -0.4 is 5.32 Å². The van der Waals surface area contributed by atoms with Crippen molar-refractivity contribution < 1.29 is 4.42 Å². The quantitative estimate of drug-likeness (QED) is 0.760. The Bertz CT molecular complexity index is 747. The minimum atomic E-state index is 0.138. The maximum atomic E-state index is 6.02. The van der Waals surface area contributed by atoms with Gasteiger partial charge in [0.1, 0.15) is 11.3 Å². The molecule has 1 atom stereocenters. The van der Waals surface area contributed by atoms with Gasteiger partial charge in [0.25, 0.3) is 0 Å². The maximum absolute atomic E-state index is 6.02. The van der Waals surface area contributed by atoms with Crippen molar-refractivity contribution in [3.63, 3.8) is 0 Å². The van der Waals surface area contributed by atoms with E-state index in [0.29, 0.717) is 0 Å². The molecule has 0 fully saturated rings. The van der Waals surface area contributed by atoms with Crippen LogP contribution in [0.3, 0.4) is 0 Å². The summed E-state index contributed by atoms with van der Waals surface area (Å²) in [6.07, 6.45) is 4.86. The van der Waals surface area contributed by atoms with Gasteiger partial charge in [-0.15, -0.1) is 0 Å². The number of hydrogen-bond acceptors (Lipinski definition) is 3. The molecule has 1 aromatic carbocycles. The molecule has 0 saturated heterocycles. The third-order valence-corrected chi connectivity index (χ3v) is 4.28. The van der Waals surface area contributed by atoms with Gasteiger partial charge in [0.2, 0.25) is 0 Å². The number of benzene rings is 1. The molecule has 2 heterocycles. The van der Waals surface area contributed by atoms with Crippen LogP contribution in [0.5, 0.6) is 0 Å². The van der Waals surface area contributed by atoms with Gasteiger partial charge < -0.3 is 9.73 Å². The fraction of sp³-hybridized carbons (Fsp3) is 0.312. The summed E-state index contributed by atoms with van der Waals surface area (Å²) >= 11 is 3.53. The number of fused-ring (bicyclic) bond motifs is 1. The van der Waals surface area contributed by atoms with Crippen LogP contribution in [0.4, 0.5) is 0 Å². The minimum absolute atomic E-state index is 0.138. The van der Waals surface area contributed by atoms with E-state index in [1.165, 1.54) is 5.56 Å². The Hall–Kier alpha value is -1.59. The van der Waals surface area contributed by atoms with E-state index in [0.717, 1.165) is 34.2 Å². The van der Waals surface area contributed by atoms with Gasteiger partial charge >= 0.3 is 0 Å². The number of hydrogen-bond donors (Lipinski definition) is 1. The Labute approximate surface area is 132 Å². The van der Waals surface area contributed by atoms with Crippen LogP contribution in [0.25, 0.3) is 11.0 Å². The lowest BCUT2D eigenvalue weighted by molar-refractivity contribution is 0.450. The zero-order valence-corrected chi connectivity index (χ0v) is 13.7. The molecule has 0 aliphatic rings. The fourth-order valence-corrected chi connectivity index (χ4v) is 2.95. The van der Waals surface area contributed by atoms with E-state index >= 15 is 0 Å². The first kappa shape index (κ1) is 14.4. The van der Waals surface area contributed by atoms with Crippen molar-refractivity contribution in [1.29, 1.82) is 0 Å². The lowest BCUT2D eigenvalue weighted by Crippen LogP contribution is -2.18. The highest BCUT2D eigenvalue weighted by Gasteiger charge is 2.17. The van der Waals surface area contributed by atoms with Crippen LogP contribution in [0, 0.1) is 0 Å². The minimum Gasteiger partial charge on any atom is -0.458 e. The summed E-state index contributed by atoms with van der Waals surface area (Å²) in [7, 11) is 1.96. The fourth-order valence-electron chi connectivity index (χ4n) is 2.48. The monoisotopic (exact) mass is 347 g/mol. The molecule has 0 bridgehead atoms. The van der Waals surface area contributed by atoms with E-state index < -0.39 is 0 Å². The zero-order valence-electron chi connectivity index (χ0n) is 12.1. The topological polar surface area (TPSA) is 43.0 Å². The van der Waals surface area contributed by atoms with Gasteiger partial charge in [0, 0.05) is 18.1 Å². The number of likely N-dealkylation sites (N-methyl/N-ethyl adjacent to an activating group) is 1. The molecule has 0 amide bonds. The van der Waals surface area contributed by atoms with Crippen molar-refractivity contribution in [1.82, 2.24) is 15.1 Å². The third-order valence-electron chi connectivity index (χ3n) is 3.66. The van der Waals surface area contributed by atoms with E-state index in [2.05, 4.69) is 51.6 Å². The van der Waals surface area contributed by atoms with E-state index in [-0.39, 0.29) is 6.04 Å². The first-order valence-corrected chi connectivity index (χ1v) is 7.87. The van der Waals surface area contributed by atoms with Crippen LogP contribution >= 0.6 is 15.9 Å². The predicted molar refractivity (Wildman–Crippen MR) is 87.3 cm³/mol. The van der Waals surface area contributed by atoms with Crippen molar-refractivity contribution in [3.05, 3.63) is 52.5 Å². The molecule has 2 aromatic heterocycles. The smallest absolute Gasteiger partial charge is 0.148 e. The number of aryl methyl sites for hydroxylation is 1. The molecule has 0 spiro atoms. The number of rotatable bonds is 5. The first-order chi connectivity index (χ1) is 10.2. The first-order valence-electron chi connectivity index (χ1n) is 7.07. The molecule has 1 N–H and O–H groups in total. The van der Waals surface area contributed by atoms with Crippen LogP contribution in [-0.4, -0.2) is 16.8 Å². The largest absolute Gasteiger partial charge is 0.458 e. The number of para-hydroxylation sites is 1. The molecule has 0 radical (unpaired) electrons. The summed E-state index contributed by atoms with van der Waals surface area (Å²) < 4.78 is 8.95.